The second kappa shape index (κ2) is 7.57. The fraction of sp³-hybridized carbons (Fsp3) is 0.520. The third-order valence-electron chi connectivity index (χ3n) is 8.28. The van der Waals surface area contributed by atoms with Gasteiger partial charge in [0.05, 0.1) is 23.1 Å². The summed E-state index contributed by atoms with van der Waals surface area (Å²) in [6.07, 6.45) is 5.21. The van der Waals surface area contributed by atoms with Gasteiger partial charge >= 0.3 is 0 Å². The molecule has 2 unspecified atom stereocenters. The van der Waals surface area contributed by atoms with Crippen LogP contribution in [0.25, 0.3) is 23.0 Å². The normalized spacial score (nSPS) is 25.7. The van der Waals surface area contributed by atoms with Crippen LogP contribution in [0, 0.1) is 27.7 Å². The number of hydrogen-bond acceptors (Lipinski definition) is 7. The molecule has 3 aromatic rings. The van der Waals surface area contributed by atoms with Crippen molar-refractivity contribution >= 4 is 34.2 Å². The van der Waals surface area contributed by atoms with Crippen molar-refractivity contribution in [1.29, 1.82) is 0 Å². The number of benzene rings is 1. The molecule has 1 spiro atoms. The summed E-state index contributed by atoms with van der Waals surface area (Å²) in [6, 6.07) is 8.08. The maximum absolute atomic E-state index is 13.6. The molecule has 2 aliphatic carbocycles. The molecule has 0 N–H and O–H groups in total. The third-order valence-corrected chi connectivity index (χ3v) is 8.95. The van der Waals surface area contributed by atoms with Crippen LogP contribution < -0.4 is 9.80 Å². The summed E-state index contributed by atoms with van der Waals surface area (Å²) in [7, 11) is 0. The minimum absolute atomic E-state index is 0.277. The number of halogens is 3. The fourth-order valence-corrected chi connectivity index (χ4v) is 6.23. The van der Waals surface area contributed by atoms with E-state index in [1.54, 1.807) is 6.07 Å². The first-order chi connectivity index (χ1) is 16.8. The molecule has 182 valence electrons. The molecule has 0 radical (unpaired) electrons. The van der Waals surface area contributed by atoms with Crippen LogP contribution >= 0.6 is 22.6 Å². The van der Waals surface area contributed by atoms with Gasteiger partial charge in [-0.15, -0.1) is 10.2 Å². The second-order valence-corrected chi connectivity index (χ2v) is 11.8. The number of nitrogens with zero attached hydrogens (tertiary/aromatic N) is 6. The van der Waals surface area contributed by atoms with Gasteiger partial charge in [0.15, 0.2) is 0 Å². The monoisotopic (exact) mass is 590 g/mol. The van der Waals surface area contributed by atoms with Crippen LogP contribution in [-0.2, 0) is 0 Å². The molecule has 2 saturated carbocycles. The Morgan fingerprint density at radius 3 is 2.37 bits per heavy atom. The number of aromatic nitrogens is 4. The number of hydrogen-bond donors (Lipinski definition) is 0. The van der Waals surface area contributed by atoms with Gasteiger partial charge in [-0.25, -0.2) is 18.7 Å². The third kappa shape index (κ3) is 3.70. The summed E-state index contributed by atoms with van der Waals surface area (Å²) < 4.78 is 34.6. The van der Waals surface area contributed by atoms with Crippen LogP contribution in [0.15, 0.2) is 28.7 Å². The zero-order valence-electron chi connectivity index (χ0n) is 19.3. The molecule has 0 bridgehead atoms. The van der Waals surface area contributed by atoms with E-state index in [-0.39, 0.29) is 13.1 Å². The highest BCUT2D eigenvalue weighted by molar-refractivity contribution is 14.1. The number of anilines is 2. The Hall–Kier alpha value is -2.37. The highest BCUT2D eigenvalue weighted by Gasteiger charge is 2.72. The van der Waals surface area contributed by atoms with Crippen molar-refractivity contribution in [2.24, 2.45) is 17.3 Å². The average Bonchev–Trinajstić information content (AvgIpc) is 3.45. The number of alkyl halides is 2. The molecule has 7 rings (SSSR count). The Morgan fingerprint density at radius 2 is 1.66 bits per heavy atom. The lowest BCUT2D eigenvalue weighted by Gasteiger charge is -2.34. The Labute approximate surface area is 215 Å². The Bertz CT molecular complexity index is 1300. The summed E-state index contributed by atoms with van der Waals surface area (Å²) >= 11 is 2.34. The van der Waals surface area contributed by atoms with Crippen molar-refractivity contribution in [1.82, 2.24) is 20.2 Å². The zero-order valence-corrected chi connectivity index (χ0v) is 21.5. The Balaban J connectivity index is 1.17. The molecule has 2 aliphatic heterocycles. The van der Waals surface area contributed by atoms with Crippen LogP contribution in [0.4, 0.5) is 20.4 Å². The number of piperidine rings is 2. The molecule has 4 aliphatic rings. The van der Waals surface area contributed by atoms with Gasteiger partial charge in [0.25, 0.3) is 11.8 Å². The molecule has 0 amide bonds. The van der Waals surface area contributed by atoms with Crippen LogP contribution in [0.3, 0.4) is 0 Å². The highest BCUT2D eigenvalue weighted by atomic mass is 127. The molecule has 35 heavy (non-hydrogen) atoms. The summed E-state index contributed by atoms with van der Waals surface area (Å²) in [5, 5.41) is 8.66. The smallest absolute Gasteiger partial charge is 0.266 e. The van der Waals surface area contributed by atoms with Gasteiger partial charge in [-0.05, 0) is 84.9 Å². The summed E-state index contributed by atoms with van der Waals surface area (Å²) in [5.41, 5.74) is 3.89. The maximum atomic E-state index is 13.6. The average molecular weight is 590 g/mol. The highest BCUT2D eigenvalue weighted by Crippen LogP contribution is 2.59. The molecule has 4 fully saturated rings. The van der Waals surface area contributed by atoms with Crippen LogP contribution in [0.2, 0.25) is 0 Å². The lowest BCUT2D eigenvalue weighted by atomic mass is 9.93. The van der Waals surface area contributed by atoms with Crippen molar-refractivity contribution in [3.63, 3.8) is 0 Å². The number of aryl methyl sites for hydroxylation is 1. The van der Waals surface area contributed by atoms with E-state index in [0.717, 1.165) is 33.6 Å². The minimum Gasteiger partial charge on any atom is -0.415 e. The lowest BCUT2D eigenvalue weighted by Crippen LogP contribution is -2.34. The SMILES string of the molecule is Cc1cc(-c2nnc(-c3ccc(I)cc3N3CCC4(CC3)CC4)o2)nc(N2CC3C(C2)C3(F)F)n1. The van der Waals surface area contributed by atoms with Gasteiger partial charge in [0.1, 0.15) is 5.69 Å². The van der Waals surface area contributed by atoms with Crippen molar-refractivity contribution in [3.05, 3.63) is 33.5 Å². The van der Waals surface area contributed by atoms with Gasteiger partial charge in [-0.3, -0.25) is 0 Å². The first-order valence-corrected chi connectivity index (χ1v) is 13.3. The van der Waals surface area contributed by atoms with Gasteiger partial charge < -0.3 is 14.2 Å². The molecular formula is C25H25F2IN6O. The first kappa shape index (κ1) is 21.9. The van der Waals surface area contributed by atoms with E-state index < -0.39 is 17.8 Å². The quantitative estimate of drug-likeness (QED) is 0.388. The zero-order chi connectivity index (χ0) is 23.9. The summed E-state index contributed by atoms with van der Waals surface area (Å²) in [5.74, 6) is -2.51. The summed E-state index contributed by atoms with van der Waals surface area (Å²) in [6.45, 7) is 4.49. The van der Waals surface area contributed by atoms with E-state index >= 15 is 0 Å². The van der Waals surface area contributed by atoms with Crippen LogP contribution in [0.5, 0.6) is 0 Å². The number of rotatable bonds is 4. The van der Waals surface area contributed by atoms with Crippen molar-refractivity contribution < 1.29 is 13.2 Å². The van der Waals surface area contributed by atoms with Gasteiger partial charge in [-0.2, -0.15) is 0 Å². The van der Waals surface area contributed by atoms with Crippen LogP contribution in [-0.4, -0.2) is 52.3 Å². The predicted molar refractivity (Wildman–Crippen MR) is 135 cm³/mol. The fourth-order valence-electron chi connectivity index (χ4n) is 5.76. The van der Waals surface area contributed by atoms with E-state index in [1.165, 1.54) is 25.7 Å². The standard InChI is InChI=1S/C25H25F2IN6O/c1-14-10-19(30-23(29-14)34-12-17-18(13-34)25(17,26)27)22-32-31-21(35-22)16-3-2-15(28)11-20(16)33-8-6-24(4-5-24)7-9-33/h2-3,10-11,17-18H,4-9,12-13H2,1H3. The summed E-state index contributed by atoms with van der Waals surface area (Å²) in [4.78, 5) is 13.4. The Kier molecular flexibility index (Phi) is 4.73. The number of fused-ring (bicyclic) bond motifs is 1. The first-order valence-electron chi connectivity index (χ1n) is 12.2. The molecule has 2 atom stereocenters. The molecule has 2 saturated heterocycles. The van der Waals surface area contributed by atoms with E-state index in [4.69, 9.17) is 4.42 Å². The molecule has 1 aromatic carbocycles. The molecule has 2 aromatic heterocycles. The van der Waals surface area contributed by atoms with E-state index in [1.807, 2.05) is 17.9 Å². The van der Waals surface area contributed by atoms with Crippen LogP contribution in [0.1, 0.15) is 31.4 Å². The second-order valence-electron chi connectivity index (χ2n) is 10.5. The lowest BCUT2D eigenvalue weighted by molar-refractivity contribution is 0.0796. The Morgan fingerprint density at radius 1 is 0.943 bits per heavy atom. The van der Waals surface area contributed by atoms with E-state index in [9.17, 15) is 8.78 Å². The van der Waals surface area contributed by atoms with Gasteiger partial charge in [0, 0.05) is 35.4 Å². The maximum Gasteiger partial charge on any atom is 0.266 e. The largest absolute Gasteiger partial charge is 0.415 e. The van der Waals surface area contributed by atoms with E-state index in [0.29, 0.717) is 28.8 Å². The van der Waals surface area contributed by atoms with Crippen molar-refractivity contribution in [3.8, 4) is 23.0 Å². The van der Waals surface area contributed by atoms with Crippen molar-refractivity contribution in [2.45, 2.75) is 38.5 Å². The topological polar surface area (TPSA) is 71.2 Å². The molecule has 10 heteroatoms. The molecular weight excluding hydrogens is 565 g/mol. The molecule has 4 heterocycles. The minimum atomic E-state index is -2.54. The molecule has 7 nitrogen and oxygen atoms in total. The van der Waals surface area contributed by atoms with Crippen molar-refractivity contribution in [2.75, 3.05) is 36.0 Å². The van der Waals surface area contributed by atoms with Gasteiger partial charge in [-0.1, -0.05) is 0 Å². The van der Waals surface area contributed by atoms with E-state index in [2.05, 4.69) is 59.8 Å². The predicted octanol–water partition coefficient (Wildman–Crippen LogP) is 5.19. The van der Waals surface area contributed by atoms with Gasteiger partial charge in [0.2, 0.25) is 11.8 Å².